The van der Waals surface area contributed by atoms with Gasteiger partial charge < -0.3 is 0 Å². The van der Waals surface area contributed by atoms with Crippen molar-refractivity contribution in [1.82, 2.24) is 0 Å². The Balaban J connectivity index is 2.45. The van der Waals surface area contributed by atoms with Gasteiger partial charge in [-0.15, -0.1) is 0 Å². The van der Waals surface area contributed by atoms with Crippen molar-refractivity contribution >= 4 is 41.8 Å². The molecule has 0 unspecified atom stereocenters. The molecule has 21 heavy (non-hydrogen) atoms. The second-order valence-electron chi connectivity index (χ2n) is 7.68. The topological polar surface area (TPSA) is 29.5 Å². The van der Waals surface area contributed by atoms with E-state index in [2.05, 4.69) is 20.9 Å². The van der Waals surface area contributed by atoms with Crippen LogP contribution in [0, 0.1) is 0 Å². The summed E-state index contributed by atoms with van der Waals surface area (Å²) in [5, 5.41) is 0.636. The number of benzene rings is 1. The van der Waals surface area contributed by atoms with E-state index in [9.17, 15) is 4.79 Å². The third kappa shape index (κ3) is 3.67. The molecule has 1 aliphatic heterocycles. The number of nitrogens with zero attached hydrogens (tertiary/aromatic N) is 1. The second kappa shape index (κ2) is 5.65. The van der Waals surface area contributed by atoms with Gasteiger partial charge in [-0.25, -0.2) is 0 Å². The van der Waals surface area contributed by atoms with Crippen molar-refractivity contribution in [3.63, 3.8) is 0 Å². The number of rotatable bonds is 1. The van der Waals surface area contributed by atoms with E-state index in [0.717, 1.165) is 17.7 Å². The third-order valence-corrected chi connectivity index (χ3v) is 11.0. The van der Waals surface area contributed by atoms with Crippen LogP contribution in [0.25, 0.3) is 0 Å². The molecule has 0 bridgehead atoms. The number of hydrogen-bond acceptors (Lipinski definition) is 2. The van der Waals surface area contributed by atoms with Crippen LogP contribution in [-0.4, -0.2) is 34.1 Å². The molecule has 0 fully saturated rings. The summed E-state index contributed by atoms with van der Waals surface area (Å²) < 4.78 is 5.87. The van der Waals surface area contributed by atoms with Gasteiger partial charge in [0.1, 0.15) is 0 Å². The van der Waals surface area contributed by atoms with Gasteiger partial charge in [-0.3, -0.25) is 0 Å². The summed E-state index contributed by atoms with van der Waals surface area (Å²) in [7, 11) is 0. The predicted octanol–water partition coefficient (Wildman–Crippen LogP) is 4.88. The average Bonchev–Trinajstić information content (AvgIpc) is 2.67. The molecule has 1 aromatic carbocycles. The van der Waals surface area contributed by atoms with Gasteiger partial charge in [-0.1, -0.05) is 0 Å². The predicted molar refractivity (Wildman–Crippen MR) is 91.0 cm³/mol. The van der Waals surface area contributed by atoms with Gasteiger partial charge in [0.2, 0.25) is 0 Å². The number of amides is 1. The van der Waals surface area contributed by atoms with Crippen LogP contribution in [0.1, 0.15) is 26.3 Å². The van der Waals surface area contributed by atoms with Crippen molar-refractivity contribution in [2.75, 3.05) is 4.90 Å². The van der Waals surface area contributed by atoms with E-state index in [4.69, 9.17) is 16.3 Å². The third-order valence-electron chi connectivity index (χ3n) is 3.63. The van der Waals surface area contributed by atoms with Crippen molar-refractivity contribution in [1.29, 1.82) is 0 Å². The van der Waals surface area contributed by atoms with Crippen LogP contribution in [0.15, 0.2) is 18.2 Å². The Morgan fingerprint density at radius 2 is 1.95 bits per heavy atom. The molecule has 1 amide bonds. The SMILES string of the molecule is CC(C)(C)OC(=O)N1c2c(Cl)cccc2C[C@@H]1[Sn]([CH3])([CH3])[CH3]. The van der Waals surface area contributed by atoms with E-state index in [0.29, 0.717) is 5.02 Å². The Labute approximate surface area is 136 Å². The molecule has 1 atom stereocenters. The van der Waals surface area contributed by atoms with E-state index in [1.165, 1.54) is 0 Å². The van der Waals surface area contributed by atoms with E-state index in [-0.39, 0.29) is 10.2 Å². The molecule has 2 rings (SSSR count). The van der Waals surface area contributed by atoms with Crippen LogP contribution >= 0.6 is 11.6 Å². The zero-order valence-corrected chi connectivity index (χ0v) is 17.3. The molecule has 5 heteroatoms. The molecule has 0 saturated heterocycles. The summed E-state index contributed by atoms with van der Waals surface area (Å²) in [5.74, 6) is 0. The van der Waals surface area contributed by atoms with Crippen LogP contribution in [0.5, 0.6) is 0 Å². The fraction of sp³-hybridized carbons (Fsp3) is 0.562. The molecule has 0 aromatic heterocycles. The fourth-order valence-electron chi connectivity index (χ4n) is 2.67. The molecule has 1 aliphatic rings. The summed E-state index contributed by atoms with van der Waals surface area (Å²) in [6.45, 7) is 5.68. The first-order chi connectivity index (χ1) is 9.50. The number of anilines is 1. The van der Waals surface area contributed by atoms with Gasteiger partial charge in [-0.2, -0.15) is 0 Å². The van der Waals surface area contributed by atoms with E-state index >= 15 is 0 Å². The first-order valence-corrected chi connectivity index (χ1v) is 17.9. The monoisotopic (exact) mass is 417 g/mol. The Kier molecular flexibility index (Phi) is 4.56. The zero-order chi connectivity index (χ0) is 16.0. The Morgan fingerprint density at radius 1 is 1.33 bits per heavy atom. The van der Waals surface area contributed by atoms with Gasteiger partial charge in [0, 0.05) is 0 Å². The Morgan fingerprint density at radius 3 is 2.48 bits per heavy atom. The molecule has 0 N–H and O–H groups in total. The first kappa shape index (κ1) is 16.9. The standard InChI is InChI=1S/C13H15ClNO2.3CH3.Sn/c1-13(2,3)17-12(16)15-8-7-9-5-4-6-10(14)11(9)15;;;;/h4-6,8H,7H2,1-3H3;3*1H3;. The molecular formula is C16H24ClNO2Sn. The van der Waals surface area contributed by atoms with Gasteiger partial charge in [0.15, 0.2) is 0 Å². The Bertz CT molecular complexity index is 560. The van der Waals surface area contributed by atoms with Crippen LogP contribution in [0.2, 0.25) is 19.8 Å². The normalized spacial score (nSPS) is 18.6. The van der Waals surface area contributed by atoms with E-state index in [1.54, 1.807) is 0 Å². The number of halogens is 1. The fourth-order valence-corrected chi connectivity index (χ4v) is 8.21. The van der Waals surface area contributed by atoms with E-state index < -0.39 is 24.0 Å². The maximum absolute atomic E-state index is 12.7. The molecule has 1 aromatic rings. The van der Waals surface area contributed by atoms with E-state index in [1.807, 2.05) is 37.8 Å². The zero-order valence-electron chi connectivity index (χ0n) is 13.7. The van der Waals surface area contributed by atoms with Gasteiger partial charge >= 0.3 is 137 Å². The minimum atomic E-state index is -2.36. The number of carbonyl (C=O) groups excluding carboxylic acids is 1. The first-order valence-electron chi connectivity index (χ1n) is 7.30. The molecule has 0 radical (unpaired) electrons. The van der Waals surface area contributed by atoms with Crippen molar-refractivity contribution < 1.29 is 9.53 Å². The molecule has 116 valence electrons. The summed E-state index contributed by atoms with van der Waals surface area (Å²) >= 11 is 4.01. The summed E-state index contributed by atoms with van der Waals surface area (Å²) in [6.07, 6.45) is 0.625. The molecule has 0 spiro atoms. The average molecular weight is 417 g/mol. The van der Waals surface area contributed by atoms with Crippen molar-refractivity contribution in [3.8, 4) is 0 Å². The van der Waals surface area contributed by atoms with Gasteiger partial charge in [0.25, 0.3) is 0 Å². The van der Waals surface area contributed by atoms with Crippen LogP contribution in [0.4, 0.5) is 10.5 Å². The van der Waals surface area contributed by atoms with Crippen LogP contribution in [0.3, 0.4) is 0 Å². The number of para-hydroxylation sites is 1. The number of fused-ring (bicyclic) bond motifs is 1. The van der Waals surface area contributed by atoms with Gasteiger partial charge in [0.05, 0.1) is 0 Å². The molecule has 0 saturated carbocycles. The van der Waals surface area contributed by atoms with Crippen LogP contribution in [-0.2, 0) is 11.2 Å². The molecular weight excluding hydrogens is 392 g/mol. The Hall–Kier alpha value is -0.421. The summed E-state index contributed by atoms with van der Waals surface area (Å²) in [6, 6.07) is 5.86. The molecule has 1 heterocycles. The quantitative estimate of drug-likeness (QED) is 0.611. The van der Waals surface area contributed by atoms with Crippen molar-refractivity contribution in [3.05, 3.63) is 28.8 Å². The van der Waals surface area contributed by atoms with Crippen molar-refractivity contribution in [2.24, 2.45) is 0 Å². The van der Waals surface area contributed by atoms with Crippen molar-refractivity contribution in [2.45, 2.75) is 51.7 Å². The minimum absolute atomic E-state index is 0.254. The maximum atomic E-state index is 12.7. The summed E-state index contributed by atoms with van der Waals surface area (Å²) in [4.78, 5) is 21.6. The number of hydrogen-bond donors (Lipinski definition) is 0. The van der Waals surface area contributed by atoms with Gasteiger partial charge in [-0.05, 0) is 0 Å². The number of carbonyl (C=O) groups is 1. The second-order valence-corrected chi connectivity index (χ2v) is 23.5. The molecule has 0 aliphatic carbocycles. The summed E-state index contributed by atoms with van der Waals surface area (Å²) in [5.41, 5.74) is 1.51. The number of ether oxygens (including phenoxy) is 1. The molecule has 3 nitrogen and oxygen atoms in total. The van der Waals surface area contributed by atoms with Crippen LogP contribution < -0.4 is 4.90 Å².